The molecule has 0 spiro atoms. The van der Waals surface area contributed by atoms with Gasteiger partial charge in [0, 0.05) is 11.8 Å². The minimum atomic E-state index is -0.474. The highest BCUT2D eigenvalue weighted by Gasteiger charge is 2.17. The van der Waals surface area contributed by atoms with Gasteiger partial charge in [0.05, 0.1) is 24.0 Å². The molecule has 0 bridgehead atoms. The van der Waals surface area contributed by atoms with E-state index in [9.17, 15) is 14.0 Å². The highest BCUT2D eigenvalue weighted by Crippen LogP contribution is 2.21. The van der Waals surface area contributed by atoms with Gasteiger partial charge in [-0.2, -0.15) is 0 Å². The van der Waals surface area contributed by atoms with Gasteiger partial charge in [0.1, 0.15) is 10.8 Å². The number of carbonyl (C=O) groups excluding carboxylic acids is 2. The summed E-state index contributed by atoms with van der Waals surface area (Å²) < 4.78 is 18.7. The smallest absolute Gasteiger partial charge is 0.340 e. The van der Waals surface area contributed by atoms with Gasteiger partial charge in [0.2, 0.25) is 5.91 Å². The van der Waals surface area contributed by atoms with Crippen molar-refractivity contribution in [2.24, 2.45) is 0 Å². The van der Waals surface area contributed by atoms with Gasteiger partial charge < -0.3 is 10.1 Å². The molecule has 1 aromatic carbocycles. The van der Waals surface area contributed by atoms with Crippen LogP contribution >= 0.6 is 11.8 Å². The first-order valence-corrected chi connectivity index (χ1v) is 8.80. The van der Waals surface area contributed by atoms with Crippen molar-refractivity contribution < 1.29 is 18.7 Å². The molecule has 0 fully saturated rings. The van der Waals surface area contributed by atoms with E-state index < -0.39 is 12.0 Å². The molecule has 0 saturated heterocycles. The van der Waals surface area contributed by atoms with E-state index in [2.05, 4.69) is 10.3 Å². The van der Waals surface area contributed by atoms with Crippen LogP contribution in [0.4, 0.5) is 4.39 Å². The summed E-state index contributed by atoms with van der Waals surface area (Å²) in [6.07, 6.45) is 1.55. The standard InChI is InChI=1S/C18H19FN2O3S/c1-3-24-18(23)14-8-6-10-20-17(14)25-11-16(22)21-12(2)13-7-4-5-9-15(13)19/h4-10,12H,3,11H2,1-2H3,(H,21,22). The van der Waals surface area contributed by atoms with E-state index in [0.717, 1.165) is 11.8 Å². The molecule has 2 rings (SSSR count). The van der Waals surface area contributed by atoms with Crippen LogP contribution in [-0.4, -0.2) is 29.2 Å². The van der Waals surface area contributed by atoms with Crippen LogP contribution < -0.4 is 5.32 Å². The van der Waals surface area contributed by atoms with Crippen LogP contribution in [0.1, 0.15) is 35.8 Å². The minimum absolute atomic E-state index is 0.0577. The highest BCUT2D eigenvalue weighted by molar-refractivity contribution is 8.00. The molecule has 1 unspecified atom stereocenters. The van der Waals surface area contributed by atoms with Crippen molar-refractivity contribution in [1.29, 1.82) is 0 Å². The zero-order chi connectivity index (χ0) is 18.2. The molecule has 132 valence electrons. The average Bonchev–Trinajstić information content (AvgIpc) is 2.60. The largest absolute Gasteiger partial charge is 0.462 e. The Kier molecular flexibility index (Phi) is 6.94. The number of nitrogens with zero attached hydrogens (tertiary/aromatic N) is 1. The molecule has 0 aliphatic carbocycles. The predicted octanol–water partition coefficient (Wildman–Crippen LogP) is 3.37. The molecule has 0 saturated carbocycles. The maximum absolute atomic E-state index is 13.7. The molecular weight excluding hydrogens is 343 g/mol. The molecule has 2 aromatic rings. The van der Waals surface area contributed by atoms with Crippen LogP contribution in [-0.2, 0) is 9.53 Å². The Balaban J connectivity index is 1.97. The summed E-state index contributed by atoms with van der Waals surface area (Å²) >= 11 is 1.13. The van der Waals surface area contributed by atoms with Crippen LogP contribution in [0.5, 0.6) is 0 Å². The Morgan fingerprint density at radius 3 is 2.76 bits per heavy atom. The minimum Gasteiger partial charge on any atom is -0.462 e. The van der Waals surface area contributed by atoms with Crippen molar-refractivity contribution in [2.45, 2.75) is 24.9 Å². The van der Waals surface area contributed by atoms with Crippen LogP contribution in [0, 0.1) is 5.82 Å². The second-order valence-corrected chi connectivity index (χ2v) is 6.14. The van der Waals surface area contributed by atoms with Gasteiger partial charge >= 0.3 is 5.97 Å². The maximum atomic E-state index is 13.7. The van der Waals surface area contributed by atoms with Gasteiger partial charge in [-0.15, -0.1) is 0 Å². The molecule has 1 amide bonds. The summed E-state index contributed by atoms with van der Waals surface area (Å²) in [5.74, 6) is -1.06. The zero-order valence-electron chi connectivity index (χ0n) is 14.0. The average molecular weight is 362 g/mol. The first kappa shape index (κ1) is 18.9. The highest BCUT2D eigenvalue weighted by atomic mass is 32.2. The Labute approximate surface area is 150 Å². The molecule has 1 heterocycles. The molecule has 7 heteroatoms. The number of carbonyl (C=O) groups is 2. The third kappa shape index (κ3) is 5.29. The topological polar surface area (TPSA) is 68.3 Å². The van der Waals surface area contributed by atoms with Crippen LogP contribution in [0.25, 0.3) is 0 Å². The van der Waals surface area contributed by atoms with Gasteiger partial charge in [-0.05, 0) is 32.0 Å². The number of nitrogens with one attached hydrogen (secondary N) is 1. The number of pyridine rings is 1. The number of halogens is 1. The fraction of sp³-hybridized carbons (Fsp3) is 0.278. The van der Waals surface area contributed by atoms with Gasteiger partial charge in [-0.25, -0.2) is 14.2 Å². The van der Waals surface area contributed by atoms with E-state index >= 15 is 0 Å². The van der Waals surface area contributed by atoms with Crippen molar-refractivity contribution in [2.75, 3.05) is 12.4 Å². The molecule has 0 aliphatic heterocycles. The third-order valence-electron chi connectivity index (χ3n) is 3.36. The number of ether oxygens (including phenoxy) is 1. The second-order valence-electron chi connectivity index (χ2n) is 5.18. The van der Waals surface area contributed by atoms with E-state index in [-0.39, 0.29) is 24.1 Å². The summed E-state index contributed by atoms with van der Waals surface area (Å²) in [6.45, 7) is 3.70. The lowest BCUT2D eigenvalue weighted by molar-refractivity contribution is -0.119. The van der Waals surface area contributed by atoms with Crippen LogP contribution in [0.3, 0.4) is 0 Å². The number of hydrogen-bond acceptors (Lipinski definition) is 5. The number of esters is 1. The van der Waals surface area contributed by atoms with E-state index in [4.69, 9.17) is 4.74 Å². The molecule has 1 N–H and O–H groups in total. The van der Waals surface area contributed by atoms with Crippen molar-refractivity contribution >= 4 is 23.6 Å². The monoisotopic (exact) mass is 362 g/mol. The zero-order valence-corrected chi connectivity index (χ0v) is 14.8. The predicted molar refractivity (Wildman–Crippen MR) is 93.9 cm³/mol. The van der Waals surface area contributed by atoms with Crippen molar-refractivity contribution in [3.8, 4) is 0 Å². The third-order valence-corrected chi connectivity index (χ3v) is 4.36. The molecule has 0 aliphatic rings. The quantitative estimate of drug-likeness (QED) is 0.604. The molecule has 0 radical (unpaired) electrons. The summed E-state index contributed by atoms with van der Waals surface area (Å²) in [6, 6.07) is 9.08. The first-order chi connectivity index (χ1) is 12.0. The summed E-state index contributed by atoms with van der Waals surface area (Å²) in [7, 11) is 0. The lowest BCUT2D eigenvalue weighted by Crippen LogP contribution is -2.28. The molecule has 5 nitrogen and oxygen atoms in total. The SMILES string of the molecule is CCOC(=O)c1cccnc1SCC(=O)NC(C)c1ccccc1F. The summed E-state index contributed by atoms with van der Waals surface area (Å²) in [4.78, 5) is 28.1. The van der Waals surface area contributed by atoms with Gasteiger partial charge in [0.25, 0.3) is 0 Å². The fourth-order valence-electron chi connectivity index (χ4n) is 2.19. The Morgan fingerprint density at radius 2 is 2.04 bits per heavy atom. The Morgan fingerprint density at radius 1 is 1.28 bits per heavy atom. The van der Waals surface area contributed by atoms with Gasteiger partial charge in [-0.3, -0.25) is 4.79 Å². The number of rotatable bonds is 7. The van der Waals surface area contributed by atoms with Gasteiger partial charge in [-0.1, -0.05) is 30.0 Å². The lowest BCUT2D eigenvalue weighted by Gasteiger charge is -2.15. The number of hydrogen-bond donors (Lipinski definition) is 1. The fourth-order valence-corrected chi connectivity index (χ4v) is 2.98. The Bertz CT molecular complexity index is 755. The number of benzene rings is 1. The van der Waals surface area contributed by atoms with Crippen molar-refractivity contribution in [3.05, 3.63) is 59.5 Å². The molecule has 1 aromatic heterocycles. The lowest BCUT2D eigenvalue weighted by atomic mass is 10.1. The van der Waals surface area contributed by atoms with E-state index in [0.29, 0.717) is 16.2 Å². The normalized spacial score (nSPS) is 11.6. The summed E-state index contributed by atoms with van der Waals surface area (Å²) in [5.41, 5.74) is 0.746. The second kappa shape index (κ2) is 9.17. The molecule has 1 atom stereocenters. The van der Waals surface area contributed by atoms with Crippen LogP contribution in [0.2, 0.25) is 0 Å². The number of aromatic nitrogens is 1. The van der Waals surface area contributed by atoms with Crippen LogP contribution in [0.15, 0.2) is 47.6 Å². The van der Waals surface area contributed by atoms with Crippen molar-refractivity contribution in [1.82, 2.24) is 10.3 Å². The Hall–Kier alpha value is -2.41. The summed E-state index contributed by atoms with van der Waals surface area (Å²) in [5, 5.41) is 3.16. The van der Waals surface area contributed by atoms with Crippen molar-refractivity contribution in [3.63, 3.8) is 0 Å². The van der Waals surface area contributed by atoms with E-state index in [1.54, 1.807) is 50.4 Å². The molecular formula is C18H19FN2O3S. The maximum Gasteiger partial charge on any atom is 0.340 e. The first-order valence-electron chi connectivity index (χ1n) is 7.81. The number of amides is 1. The van der Waals surface area contributed by atoms with E-state index in [1.807, 2.05) is 0 Å². The van der Waals surface area contributed by atoms with E-state index in [1.165, 1.54) is 6.07 Å². The number of thioether (sulfide) groups is 1. The molecule has 25 heavy (non-hydrogen) atoms. The van der Waals surface area contributed by atoms with Gasteiger partial charge in [0.15, 0.2) is 0 Å².